The lowest BCUT2D eigenvalue weighted by Crippen LogP contribution is -2.13. The summed E-state index contributed by atoms with van der Waals surface area (Å²) in [6.45, 7) is 0. The van der Waals surface area contributed by atoms with Crippen LogP contribution in [0.3, 0.4) is 0 Å². The average molecular weight is 146 g/mol. The van der Waals surface area contributed by atoms with Gasteiger partial charge in [0, 0.05) is 0 Å². The second-order valence-electron chi connectivity index (χ2n) is 2.26. The molecule has 0 bridgehead atoms. The highest BCUT2D eigenvalue weighted by Gasteiger charge is 2.04. The van der Waals surface area contributed by atoms with Crippen LogP contribution in [0.25, 0.3) is 0 Å². The Labute approximate surface area is 66.5 Å². The molecule has 0 saturated heterocycles. The summed E-state index contributed by atoms with van der Waals surface area (Å²) in [5, 5.41) is 11.6. The summed E-state index contributed by atoms with van der Waals surface area (Å²) in [5.74, 6) is 0. The van der Waals surface area contributed by atoms with Crippen molar-refractivity contribution in [2.24, 2.45) is 0 Å². The topological polar surface area (TPSA) is 35.8 Å². The van der Waals surface area contributed by atoms with Crippen LogP contribution in [0.1, 0.15) is 11.6 Å². The maximum Gasteiger partial charge on any atom is 0.121 e. The van der Waals surface area contributed by atoms with Gasteiger partial charge >= 0.3 is 0 Å². The van der Waals surface area contributed by atoms with Gasteiger partial charge in [0.1, 0.15) is 6.04 Å². The Morgan fingerprint density at radius 2 is 2.00 bits per heavy atom. The zero-order valence-corrected chi connectivity index (χ0v) is 6.41. The van der Waals surface area contributed by atoms with Crippen LogP contribution in [-0.4, -0.2) is 7.05 Å². The Morgan fingerprint density at radius 1 is 1.36 bits per heavy atom. The third kappa shape index (κ3) is 1.79. The summed E-state index contributed by atoms with van der Waals surface area (Å²) in [4.78, 5) is 0. The largest absolute Gasteiger partial charge is 0.301 e. The Kier molecular flexibility index (Phi) is 2.65. The van der Waals surface area contributed by atoms with Gasteiger partial charge < -0.3 is 5.32 Å². The van der Waals surface area contributed by atoms with Crippen LogP contribution in [0.15, 0.2) is 30.3 Å². The minimum Gasteiger partial charge on any atom is -0.301 e. The van der Waals surface area contributed by atoms with Crippen LogP contribution >= 0.6 is 0 Å². The summed E-state index contributed by atoms with van der Waals surface area (Å²) in [6.07, 6.45) is 0. The SMILES string of the molecule is CN[C@H](C#N)c1ccccc1. The van der Waals surface area contributed by atoms with Crippen molar-refractivity contribution in [1.29, 1.82) is 5.26 Å². The molecule has 2 nitrogen and oxygen atoms in total. The van der Waals surface area contributed by atoms with Gasteiger partial charge in [-0.1, -0.05) is 30.3 Å². The smallest absolute Gasteiger partial charge is 0.121 e. The quantitative estimate of drug-likeness (QED) is 0.685. The molecule has 1 N–H and O–H groups in total. The fourth-order valence-electron chi connectivity index (χ4n) is 0.951. The van der Waals surface area contributed by atoms with Crippen LogP contribution in [0.5, 0.6) is 0 Å². The zero-order valence-electron chi connectivity index (χ0n) is 6.41. The van der Waals surface area contributed by atoms with E-state index in [-0.39, 0.29) is 6.04 Å². The first-order valence-corrected chi connectivity index (χ1v) is 3.50. The molecule has 0 amide bonds. The highest BCUT2D eigenvalue weighted by Crippen LogP contribution is 2.09. The lowest BCUT2D eigenvalue weighted by Gasteiger charge is -2.05. The minimum atomic E-state index is -0.184. The van der Waals surface area contributed by atoms with Crippen molar-refractivity contribution >= 4 is 0 Å². The van der Waals surface area contributed by atoms with E-state index in [1.807, 2.05) is 30.3 Å². The van der Waals surface area contributed by atoms with Gasteiger partial charge in [0.15, 0.2) is 0 Å². The van der Waals surface area contributed by atoms with Crippen molar-refractivity contribution in [3.8, 4) is 6.07 Å². The summed E-state index contributed by atoms with van der Waals surface area (Å²) in [5.41, 5.74) is 1.01. The maximum atomic E-state index is 8.67. The third-order valence-corrected chi connectivity index (χ3v) is 1.55. The van der Waals surface area contributed by atoms with E-state index in [1.165, 1.54) is 0 Å². The Morgan fingerprint density at radius 3 is 2.45 bits per heavy atom. The molecule has 0 aliphatic carbocycles. The van der Waals surface area contributed by atoms with E-state index < -0.39 is 0 Å². The number of nitrogens with zero attached hydrogens (tertiary/aromatic N) is 1. The molecule has 0 saturated carbocycles. The Bertz CT molecular complexity index is 248. The molecule has 0 aromatic heterocycles. The number of rotatable bonds is 2. The van der Waals surface area contributed by atoms with Crippen molar-refractivity contribution < 1.29 is 0 Å². The van der Waals surface area contributed by atoms with Gasteiger partial charge in [-0.3, -0.25) is 0 Å². The number of hydrogen-bond acceptors (Lipinski definition) is 2. The van der Waals surface area contributed by atoms with Crippen molar-refractivity contribution in [2.75, 3.05) is 7.05 Å². The zero-order chi connectivity index (χ0) is 8.10. The molecule has 56 valence electrons. The second kappa shape index (κ2) is 3.75. The highest BCUT2D eigenvalue weighted by molar-refractivity contribution is 5.23. The van der Waals surface area contributed by atoms with Crippen LogP contribution in [-0.2, 0) is 0 Å². The molecule has 0 radical (unpaired) electrons. The predicted molar refractivity (Wildman–Crippen MR) is 43.9 cm³/mol. The molecule has 0 unspecified atom stereocenters. The van der Waals surface area contributed by atoms with Gasteiger partial charge in [-0.25, -0.2) is 0 Å². The van der Waals surface area contributed by atoms with Crippen molar-refractivity contribution in [2.45, 2.75) is 6.04 Å². The lowest BCUT2D eigenvalue weighted by atomic mass is 10.1. The van der Waals surface area contributed by atoms with E-state index in [9.17, 15) is 0 Å². The van der Waals surface area contributed by atoms with Crippen LogP contribution < -0.4 is 5.32 Å². The molecular weight excluding hydrogens is 136 g/mol. The Balaban J connectivity index is 2.85. The summed E-state index contributed by atoms with van der Waals surface area (Å²) in [7, 11) is 1.78. The van der Waals surface area contributed by atoms with Gasteiger partial charge in [-0.15, -0.1) is 0 Å². The molecule has 1 aromatic rings. The number of nitriles is 1. The average Bonchev–Trinajstić information content (AvgIpc) is 2.09. The molecular formula is C9H10N2. The molecule has 1 atom stereocenters. The van der Waals surface area contributed by atoms with Gasteiger partial charge in [0.2, 0.25) is 0 Å². The van der Waals surface area contributed by atoms with Crippen LogP contribution in [0.2, 0.25) is 0 Å². The highest BCUT2D eigenvalue weighted by atomic mass is 14.9. The second-order valence-corrected chi connectivity index (χ2v) is 2.26. The summed E-state index contributed by atoms with van der Waals surface area (Å²) in [6, 6.07) is 11.6. The van der Waals surface area contributed by atoms with Crippen LogP contribution in [0.4, 0.5) is 0 Å². The minimum absolute atomic E-state index is 0.184. The lowest BCUT2D eigenvalue weighted by molar-refractivity contribution is 0.727. The van der Waals surface area contributed by atoms with Gasteiger partial charge in [-0.05, 0) is 12.6 Å². The van der Waals surface area contributed by atoms with E-state index in [0.29, 0.717) is 0 Å². The standard InChI is InChI=1S/C9H10N2/c1-11-9(7-10)8-5-3-2-4-6-8/h2-6,9,11H,1H3/t9-/m1/s1. The number of nitrogens with one attached hydrogen (secondary N) is 1. The monoisotopic (exact) mass is 146 g/mol. The molecule has 0 fully saturated rings. The van der Waals surface area contributed by atoms with E-state index in [4.69, 9.17) is 5.26 Å². The van der Waals surface area contributed by atoms with Gasteiger partial charge in [-0.2, -0.15) is 5.26 Å². The molecule has 0 aliphatic rings. The van der Waals surface area contributed by atoms with E-state index >= 15 is 0 Å². The van der Waals surface area contributed by atoms with E-state index in [1.54, 1.807) is 7.05 Å². The number of benzene rings is 1. The van der Waals surface area contributed by atoms with E-state index in [2.05, 4.69) is 11.4 Å². The molecule has 0 heterocycles. The molecule has 0 spiro atoms. The molecule has 1 rings (SSSR count). The third-order valence-electron chi connectivity index (χ3n) is 1.55. The van der Waals surface area contributed by atoms with Crippen LogP contribution in [0, 0.1) is 11.3 Å². The number of hydrogen-bond donors (Lipinski definition) is 1. The van der Waals surface area contributed by atoms with Crippen molar-refractivity contribution in [1.82, 2.24) is 5.32 Å². The molecule has 0 aliphatic heterocycles. The van der Waals surface area contributed by atoms with Crippen molar-refractivity contribution in [3.63, 3.8) is 0 Å². The fourth-order valence-corrected chi connectivity index (χ4v) is 0.951. The summed E-state index contributed by atoms with van der Waals surface area (Å²) < 4.78 is 0. The predicted octanol–water partition coefficient (Wildman–Crippen LogP) is 1.47. The van der Waals surface area contributed by atoms with E-state index in [0.717, 1.165) is 5.56 Å². The van der Waals surface area contributed by atoms with Gasteiger partial charge in [0.25, 0.3) is 0 Å². The molecule has 11 heavy (non-hydrogen) atoms. The fraction of sp³-hybridized carbons (Fsp3) is 0.222. The first-order chi connectivity index (χ1) is 5.38. The first-order valence-electron chi connectivity index (χ1n) is 3.50. The maximum absolute atomic E-state index is 8.67. The Hall–Kier alpha value is -1.33. The summed E-state index contributed by atoms with van der Waals surface area (Å²) >= 11 is 0. The normalized spacial score (nSPS) is 12.0. The van der Waals surface area contributed by atoms with Crippen molar-refractivity contribution in [3.05, 3.63) is 35.9 Å². The first kappa shape index (κ1) is 7.77. The molecule has 2 heteroatoms. The van der Waals surface area contributed by atoms with Gasteiger partial charge in [0.05, 0.1) is 6.07 Å². The molecule has 1 aromatic carbocycles.